The molecule has 1 aromatic heterocycles. The number of thioether (sulfide) groups is 1. The molecule has 1 aromatic carbocycles. The number of benzene rings is 1. The van der Waals surface area contributed by atoms with E-state index >= 15 is 0 Å². The van der Waals surface area contributed by atoms with Crippen molar-refractivity contribution in [1.82, 2.24) is 9.47 Å². The van der Waals surface area contributed by atoms with Crippen LogP contribution in [0.25, 0.3) is 10.9 Å². The minimum absolute atomic E-state index is 0.559. The van der Waals surface area contributed by atoms with Crippen molar-refractivity contribution >= 4 is 22.7 Å². The molecule has 0 amide bonds. The Balaban J connectivity index is 2.00. The van der Waals surface area contributed by atoms with Crippen molar-refractivity contribution in [3.63, 3.8) is 0 Å². The maximum absolute atomic E-state index is 2.39. The van der Waals surface area contributed by atoms with Gasteiger partial charge in [0.25, 0.3) is 0 Å². The van der Waals surface area contributed by atoms with Gasteiger partial charge in [0.2, 0.25) is 0 Å². The van der Waals surface area contributed by atoms with Crippen LogP contribution in [0.5, 0.6) is 0 Å². The monoisotopic (exact) mass is 260 g/mol. The Morgan fingerprint density at radius 3 is 2.94 bits per heavy atom. The predicted octanol–water partition coefficient (Wildman–Crippen LogP) is 3.24. The van der Waals surface area contributed by atoms with E-state index in [1.54, 1.807) is 5.56 Å². The molecule has 0 radical (unpaired) electrons. The van der Waals surface area contributed by atoms with Gasteiger partial charge in [0.05, 0.1) is 0 Å². The van der Waals surface area contributed by atoms with Crippen LogP contribution in [0.3, 0.4) is 0 Å². The molecule has 1 aliphatic heterocycles. The second-order valence-corrected chi connectivity index (χ2v) is 6.49. The van der Waals surface area contributed by atoms with Gasteiger partial charge in [-0.3, -0.25) is 0 Å². The van der Waals surface area contributed by atoms with Gasteiger partial charge in [-0.25, -0.2) is 0 Å². The van der Waals surface area contributed by atoms with Gasteiger partial charge in [-0.15, -0.1) is 11.8 Å². The number of fused-ring (bicyclic) bond motifs is 3. The van der Waals surface area contributed by atoms with E-state index in [0.29, 0.717) is 6.04 Å². The number of hydrogen-bond donors (Lipinski definition) is 0. The average Bonchev–Trinajstić information content (AvgIpc) is 2.94. The minimum atomic E-state index is 0.559. The molecule has 1 atom stereocenters. The molecule has 1 aliphatic rings. The molecule has 0 unspecified atom stereocenters. The third kappa shape index (κ3) is 1.95. The zero-order valence-corrected chi connectivity index (χ0v) is 12.1. The lowest BCUT2D eigenvalue weighted by Gasteiger charge is -2.20. The third-order valence-corrected chi connectivity index (χ3v) is 5.08. The third-order valence-electron chi connectivity index (χ3n) is 3.97. The highest BCUT2D eigenvalue weighted by Crippen LogP contribution is 2.36. The molecule has 18 heavy (non-hydrogen) atoms. The van der Waals surface area contributed by atoms with E-state index in [0.717, 1.165) is 6.54 Å². The SMILES string of the molecule is C[C@H](Cn1ccc2c3c(ccc21)SCC3)N(C)C. The number of likely N-dealkylation sites (N-methyl/N-ethyl adjacent to an activating group) is 1. The summed E-state index contributed by atoms with van der Waals surface area (Å²) < 4.78 is 2.39. The van der Waals surface area contributed by atoms with Crippen LogP contribution in [0.4, 0.5) is 0 Å². The van der Waals surface area contributed by atoms with Crippen molar-refractivity contribution in [2.75, 3.05) is 19.8 Å². The molecule has 3 rings (SSSR count). The molecule has 0 aliphatic carbocycles. The maximum Gasteiger partial charge on any atom is 0.0484 e. The van der Waals surface area contributed by atoms with Crippen LogP contribution >= 0.6 is 11.8 Å². The molecule has 2 heterocycles. The first-order valence-corrected chi connectivity index (χ1v) is 7.55. The molecule has 96 valence electrons. The number of hydrogen-bond acceptors (Lipinski definition) is 2. The highest BCUT2D eigenvalue weighted by molar-refractivity contribution is 7.99. The lowest BCUT2D eigenvalue weighted by atomic mass is 10.1. The van der Waals surface area contributed by atoms with E-state index in [9.17, 15) is 0 Å². The quantitative estimate of drug-likeness (QED) is 0.837. The van der Waals surface area contributed by atoms with Gasteiger partial charge in [0, 0.05) is 40.3 Å². The topological polar surface area (TPSA) is 8.17 Å². The van der Waals surface area contributed by atoms with Gasteiger partial charge in [-0.05, 0) is 51.2 Å². The second-order valence-electron chi connectivity index (χ2n) is 5.35. The first-order valence-electron chi connectivity index (χ1n) is 6.57. The maximum atomic E-state index is 2.39. The lowest BCUT2D eigenvalue weighted by Crippen LogP contribution is -2.28. The Morgan fingerprint density at radius 1 is 1.33 bits per heavy atom. The summed E-state index contributed by atoms with van der Waals surface area (Å²) in [6, 6.07) is 7.44. The Morgan fingerprint density at radius 2 is 2.17 bits per heavy atom. The van der Waals surface area contributed by atoms with E-state index < -0.39 is 0 Å². The summed E-state index contributed by atoms with van der Waals surface area (Å²) in [6.07, 6.45) is 3.47. The van der Waals surface area contributed by atoms with E-state index in [-0.39, 0.29) is 0 Å². The Kier molecular flexibility index (Phi) is 3.12. The summed E-state index contributed by atoms with van der Waals surface area (Å²) in [4.78, 5) is 3.76. The van der Waals surface area contributed by atoms with Crippen LogP contribution in [0.1, 0.15) is 12.5 Å². The number of aromatic nitrogens is 1. The first kappa shape index (κ1) is 12.1. The van der Waals surface area contributed by atoms with Gasteiger partial charge in [-0.1, -0.05) is 0 Å². The minimum Gasteiger partial charge on any atom is -0.346 e. The van der Waals surface area contributed by atoms with E-state index in [2.05, 4.69) is 54.9 Å². The summed E-state index contributed by atoms with van der Waals surface area (Å²) in [5.74, 6) is 1.24. The van der Waals surface area contributed by atoms with Crippen molar-refractivity contribution in [3.05, 3.63) is 30.0 Å². The molecule has 0 spiro atoms. The Bertz CT molecular complexity index is 571. The van der Waals surface area contributed by atoms with Crippen LogP contribution in [0.15, 0.2) is 29.3 Å². The van der Waals surface area contributed by atoms with Crippen LogP contribution in [-0.2, 0) is 13.0 Å². The molecule has 0 fully saturated rings. The van der Waals surface area contributed by atoms with Crippen molar-refractivity contribution in [2.45, 2.75) is 30.8 Å². The molecule has 0 saturated heterocycles. The van der Waals surface area contributed by atoms with Crippen LogP contribution in [0, 0.1) is 0 Å². The van der Waals surface area contributed by atoms with E-state index in [1.165, 1.54) is 28.0 Å². The largest absolute Gasteiger partial charge is 0.346 e. The number of rotatable bonds is 3. The van der Waals surface area contributed by atoms with Crippen LogP contribution < -0.4 is 0 Å². The van der Waals surface area contributed by atoms with Gasteiger partial charge >= 0.3 is 0 Å². The van der Waals surface area contributed by atoms with Crippen molar-refractivity contribution in [2.24, 2.45) is 0 Å². The molecule has 3 heteroatoms. The lowest BCUT2D eigenvalue weighted by molar-refractivity contribution is 0.286. The molecule has 2 nitrogen and oxygen atoms in total. The standard InChI is InChI=1S/C15H20N2S/c1-11(16(2)3)10-17-8-6-12-13-7-9-18-15(13)5-4-14(12)17/h4-6,8,11H,7,9-10H2,1-3H3/t11-/m1/s1. The summed E-state index contributed by atoms with van der Waals surface area (Å²) in [6.45, 7) is 3.33. The van der Waals surface area contributed by atoms with E-state index in [4.69, 9.17) is 0 Å². The second kappa shape index (κ2) is 4.63. The molecular weight excluding hydrogens is 240 g/mol. The van der Waals surface area contributed by atoms with Crippen molar-refractivity contribution in [1.29, 1.82) is 0 Å². The Labute approximate surface area is 113 Å². The summed E-state index contributed by atoms with van der Waals surface area (Å²) in [5.41, 5.74) is 2.96. The first-order chi connectivity index (χ1) is 8.66. The molecule has 2 aromatic rings. The molecule has 0 bridgehead atoms. The molecular formula is C15H20N2S. The fourth-order valence-electron chi connectivity index (χ4n) is 2.58. The van der Waals surface area contributed by atoms with Crippen molar-refractivity contribution in [3.8, 4) is 0 Å². The van der Waals surface area contributed by atoms with E-state index in [1.807, 2.05) is 11.8 Å². The van der Waals surface area contributed by atoms with Gasteiger partial charge in [0.15, 0.2) is 0 Å². The van der Waals surface area contributed by atoms with Crippen LogP contribution in [-0.4, -0.2) is 35.4 Å². The number of nitrogens with zero attached hydrogens (tertiary/aromatic N) is 2. The normalized spacial score (nSPS) is 16.4. The predicted molar refractivity (Wildman–Crippen MR) is 79.5 cm³/mol. The van der Waals surface area contributed by atoms with Crippen molar-refractivity contribution < 1.29 is 0 Å². The zero-order chi connectivity index (χ0) is 12.7. The molecule has 0 N–H and O–H groups in total. The Hall–Kier alpha value is -0.930. The summed E-state index contributed by atoms with van der Waals surface area (Å²) in [7, 11) is 4.29. The highest BCUT2D eigenvalue weighted by Gasteiger charge is 2.16. The van der Waals surface area contributed by atoms with Gasteiger partial charge in [0.1, 0.15) is 0 Å². The fraction of sp³-hybridized carbons (Fsp3) is 0.467. The molecule has 0 saturated carbocycles. The smallest absolute Gasteiger partial charge is 0.0484 e. The summed E-state index contributed by atoms with van der Waals surface area (Å²) in [5, 5.41) is 1.46. The van der Waals surface area contributed by atoms with Crippen LogP contribution in [0.2, 0.25) is 0 Å². The average molecular weight is 260 g/mol. The highest BCUT2D eigenvalue weighted by atomic mass is 32.2. The summed E-state index contributed by atoms with van der Waals surface area (Å²) >= 11 is 1.99. The fourth-order valence-corrected chi connectivity index (χ4v) is 3.65. The van der Waals surface area contributed by atoms with Gasteiger partial charge < -0.3 is 9.47 Å². The van der Waals surface area contributed by atoms with Gasteiger partial charge in [-0.2, -0.15) is 0 Å². The number of aryl methyl sites for hydroxylation is 1. The zero-order valence-electron chi connectivity index (χ0n) is 11.3.